The van der Waals surface area contributed by atoms with Crippen molar-refractivity contribution in [3.8, 4) is 0 Å². The predicted octanol–water partition coefficient (Wildman–Crippen LogP) is 2.65. The van der Waals surface area contributed by atoms with Crippen molar-refractivity contribution in [2.45, 2.75) is 0 Å². The molecule has 2 aromatic carbocycles. The van der Waals surface area contributed by atoms with Gasteiger partial charge in [0.1, 0.15) is 0 Å². The first kappa shape index (κ1) is 17.4. The number of anilines is 1. The zero-order chi connectivity index (χ0) is 17.7. The van der Waals surface area contributed by atoms with Gasteiger partial charge in [-0.25, -0.2) is 13.2 Å². The Kier molecular flexibility index (Phi) is 5.15. The van der Waals surface area contributed by atoms with Crippen LogP contribution >= 0.6 is 0 Å². The molecule has 0 spiro atoms. The van der Waals surface area contributed by atoms with Crippen LogP contribution in [0, 0.1) is 0 Å². The van der Waals surface area contributed by atoms with E-state index in [1.807, 2.05) is 0 Å². The van der Waals surface area contributed by atoms with Crippen LogP contribution in [0.4, 0.5) is 5.69 Å². The van der Waals surface area contributed by atoms with Crippen LogP contribution < -0.4 is 4.72 Å². The number of benzene rings is 2. The van der Waals surface area contributed by atoms with Gasteiger partial charge in [0, 0.05) is 11.3 Å². The molecule has 0 fully saturated rings. The summed E-state index contributed by atoms with van der Waals surface area (Å²) in [5.41, 5.74) is 1.66. The number of ketones is 1. The van der Waals surface area contributed by atoms with Crippen molar-refractivity contribution in [1.82, 2.24) is 0 Å². The highest BCUT2D eigenvalue weighted by molar-refractivity contribution is 7.92. The van der Waals surface area contributed by atoms with E-state index in [2.05, 4.69) is 4.72 Å². The number of sulfonamides is 1. The second kappa shape index (κ2) is 7.10. The van der Waals surface area contributed by atoms with Gasteiger partial charge in [0.25, 0.3) is 0 Å². The molecule has 0 aliphatic heterocycles. The summed E-state index contributed by atoms with van der Waals surface area (Å²) >= 11 is 0. The molecule has 2 rings (SSSR count). The highest BCUT2D eigenvalue weighted by Gasteiger charge is 2.05. The standard InChI is InChI=1S/C17H15NO5S/c1-24(22,23)18-15-9-7-13(8-10-15)16(19)11-4-12-2-5-14(6-3-12)17(20)21/h2-11,18H,1H3,(H,20,21)/b11-4-. The number of carboxylic acids is 1. The van der Waals surface area contributed by atoms with E-state index in [1.54, 1.807) is 18.2 Å². The van der Waals surface area contributed by atoms with Gasteiger partial charge in [-0.3, -0.25) is 9.52 Å². The summed E-state index contributed by atoms with van der Waals surface area (Å²) in [7, 11) is -3.36. The van der Waals surface area contributed by atoms with E-state index in [-0.39, 0.29) is 11.3 Å². The Morgan fingerprint density at radius 3 is 2.00 bits per heavy atom. The monoisotopic (exact) mass is 345 g/mol. The summed E-state index contributed by atoms with van der Waals surface area (Å²) in [5, 5.41) is 8.82. The van der Waals surface area contributed by atoms with Crippen LogP contribution in [0.2, 0.25) is 0 Å². The van der Waals surface area contributed by atoms with Gasteiger partial charge >= 0.3 is 5.97 Å². The highest BCUT2D eigenvalue weighted by Crippen LogP contribution is 2.13. The third kappa shape index (κ3) is 5.06. The van der Waals surface area contributed by atoms with E-state index in [1.165, 1.54) is 42.5 Å². The maximum absolute atomic E-state index is 12.1. The molecule has 0 aliphatic rings. The van der Waals surface area contributed by atoms with Crippen molar-refractivity contribution in [3.05, 3.63) is 71.3 Å². The van der Waals surface area contributed by atoms with Crippen LogP contribution in [0.15, 0.2) is 54.6 Å². The fraction of sp³-hybridized carbons (Fsp3) is 0.0588. The summed E-state index contributed by atoms with van der Waals surface area (Å²) in [4.78, 5) is 22.8. The molecule has 6 nitrogen and oxygen atoms in total. The summed E-state index contributed by atoms with van der Waals surface area (Å²) in [6.45, 7) is 0. The lowest BCUT2D eigenvalue weighted by Gasteiger charge is -2.04. The van der Waals surface area contributed by atoms with Gasteiger partial charge in [-0.05, 0) is 48.0 Å². The summed E-state index contributed by atoms with van der Waals surface area (Å²) in [6, 6.07) is 12.2. The molecule has 2 aromatic rings. The zero-order valence-corrected chi connectivity index (χ0v) is 13.6. The van der Waals surface area contributed by atoms with Crippen molar-refractivity contribution in [2.75, 3.05) is 11.0 Å². The molecule has 0 saturated carbocycles. The second-order valence-electron chi connectivity index (χ2n) is 5.08. The Morgan fingerprint density at radius 2 is 1.50 bits per heavy atom. The highest BCUT2D eigenvalue weighted by atomic mass is 32.2. The lowest BCUT2D eigenvalue weighted by molar-refractivity contribution is 0.0696. The quantitative estimate of drug-likeness (QED) is 0.619. The van der Waals surface area contributed by atoms with Crippen molar-refractivity contribution >= 4 is 33.5 Å². The zero-order valence-electron chi connectivity index (χ0n) is 12.8. The predicted molar refractivity (Wildman–Crippen MR) is 91.7 cm³/mol. The van der Waals surface area contributed by atoms with Crippen molar-refractivity contribution < 1.29 is 23.1 Å². The Bertz CT molecular complexity index is 882. The SMILES string of the molecule is CS(=O)(=O)Nc1ccc(C(=O)/C=C\c2ccc(C(=O)O)cc2)cc1. The van der Waals surface area contributed by atoms with Crippen LogP contribution in [-0.2, 0) is 10.0 Å². The van der Waals surface area contributed by atoms with Crippen molar-refractivity contribution in [2.24, 2.45) is 0 Å². The van der Waals surface area contributed by atoms with Gasteiger partial charge in [-0.15, -0.1) is 0 Å². The largest absolute Gasteiger partial charge is 0.478 e. The maximum Gasteiger partial charge on any atom is 0.335 e. The Morgan fingerprint density at radius 1 is 0.958 bits per heavy atom. The molecule has 0 unspecified atom stereocenters. The summed E-state index contributed by atoms with van der Waals surface area (Å²) < 4.78 is 24.6. The number of allylic oxidation sites excluding steroid dienone is 1. The summed E-state index contributed by atoms with van der Waals surface area (Å²) in [5.74, 6) is -1.26. The topological polar surface area (TPSA) is 101 Å². The molecule has 0 radical (unpaired) electrons. The molecule has 0 aromatic heterocycles. The number of carbonyl (C=O) groups is 2. The first-order valence-corrected chi connectivity index (χ1v) is 8.77. The number of nitrogens with one attached hydrogen (secondary N) is 1. The van der Waals surface area contributed by atoms with E-state index in [0.717, 1.165) is 6.26 Å². The minimum atomic E-state index is -3.36. The van der Waals surface area contributed by atoms with Crippen LogP contribution in [-0.4, -0.2) is 31.5 Å². The molecule has 0 saturated heterocycles. The molecule has 0 heterocycles. The van der Waals surface area contributed by atoms with Gasteiger partial charge in [-0.2, -0.15) is 0 Å². The maximum atomic E-state index is 12.1. The Hall–Kier alpha value is -2.93. The van der Waals surface area contributed by atoms with Crippen LogP contribution in [0.3, 0.4) is 0 Å². The lowest BCUT2D eigenvalue weighted by atomic mass is 10.1. The average Bonchev–Trinajstić information content (AvgIpc) is 2.52. The number of aromatic carboxylic acids is 1. The molecule has 0 aliphatic carbocycles. The van der Waals surface area contributed by atoms with Gasteiger partial charge in [0.15, 0.2) is 5.78 Å². The first-order valence-electron chi connectivity index (χ1n) is 6.88. The molecule has 2 N–H and O–H groups in total. The minimum Gasteiger partial charge on any atom is -0.478 e. The van der Waals surface area contributed by atoms with Gasteiger partial charge in [0.05, 0.1) is 11.8 Å². The van der Waals surface area contributed by atoms with Gasteiger partial charge in [-0.1, -0.05) is 18.2 Å². The number of carboxylic acid groups (broad SMARTS) is 1. The van der Waals surface area contributed by atoms with E-state index in [4.69, 9.17) is 5.11 Å². The molecule has 124 valence electrons. The van der Waals surface area contributed by atoms with Gasteiger partial charge < -0.3 is 5.11 Å². The fourth-order valence-electron chi connectivity index (χ4n) is 1.92. The molecule has 7 heteroatoms. The van der Waals surface area contributed by atoms with E-state index >= 15 is 0 Å². The van der Waals surface area contributed by atoms with Crippen LogP contribution in [0.5, 0.6) is 0 Å². The third-order valence-electron chi connectivity index (χ3n) is 3.06. The Balaban J connectivity index is 2.07. The number of hydrogen-bond donors (Lipinski definition) is 2. The molecule has 0 amide bonds. The normalized spacial score (nSPS) is 11.4. The Labute approximate surface area is 139 Å². The average molecular weight is 345 g/mol. The second-order valence-corrected chi connectivity index (χ2v) is 6.82. The number of carbonyl (C=O) groups excluding carboxylic acids is 1. The van der Waals surface area contributed by atoms with Gasteiger partial charge in [0.2, 0.25) is 10.0 Å². The first-order chi connectivity index (χ1) is 11.2. The molecular formula is C17H15NO5S. The van der Waals surface area contributed by atoms with Crippen molar-refractivity contribution in [3.63, 3.8) is 0 Å². The summed E-state index contributed by atoms with van der Waals surface area (Å²) in [6.07, 6.45) is 4.00. The number of rotatable bonds is 6. The number of hydrogen-bond acceptors (Lipinski definition) is 4. The van der Waals surface area contributed by atoms with E-state index in [0.29, 0.717) is 16.8 Å². The van der Waals surface area contributed by atoms with Crippen molar-refractivity contribution in [1.29, 1.82) is 0 Å². The molecular weight excluding hydrogens is 330 g/mol. The van der Waals surface area contributed by atoms with E-state index in [9.17, 15) is 18.0 Å². The fourth-order valence-corrected chi connectivity index (χ4v) is 2.49. The third-order valence-corrected chi connectivity index (χ3v) is 3.66. The minimum absolute atomic E-state index is 0.174. The molecule has 24 heavy (non-hydrogen) atoms. The van der Waals surface area contributed by atoms with Crippen LogP contribution in [0.1, 0.15) is 26.3 Å². The van der Waals surface area contributed by atoms with E-state index < -0.39 is 16.0 Å². The molecule has 0 atom stereocenters. The molecule has 0 bridgehead atoms. The van der Waals surface area contributed by atoms with Crippen LogP contribution in [0.25, 0.3) is 6.08 Å². The smallest absolute Gasteiger partial charge is 0.335 e. The lowest BCUT2D eigenvalue weighted by Crippen LogP contribution is -2.09.